The van der Waals surface area contributed by atoms with Crippen LogP contribution in [0.15, 0.2) is 0 Å². The summed E-state index contributed by atoms with van der Waals surface area (Å²) in [4.78, 5) is 25.6. The fourth-order valence-electron chi connectivity index (χ4n) is 11.2. The van der Waals surface area contributed by atoms with Gasteiger partial charge in [-0.15, -0.1) is 0 Å². The predicted octanol–water partition coefficient (Wildman–Crippen LogP) is 21.3. The van der Waals surface area contributed by atoms with Gasteiger partial charge in [0.05, 0.1) is 39.9 Å². The van der Waals surface area contributed by atoms with Crippen LogP contribution in [0.1, 0.15) is 380 Å². The summed E-state index contributed by atoms with van der Waals surface area (Å²) < 4.78 is 23.5. The van der Waals surface area contributed by atoms with Crippen LogP contribution >= 0.6 is 7.82 Å². The standard InChI is InChI=1S/C68H139N2O6P/c1-6-8-10-12-14-16-18-20-22-24-26-28-30-31-32-33-34-35-36-37-38-39-40-41-43-45-47-49-51-53-55-57-59-61-67(71)66(65-76-77(73,74)75-64-63-70(3,4)5)69-68(72)62-60-58-56-54-52-50-48-46-44-42-29-27-25-23-21-19-17-15-13-11-9-7-2/h66-67,71H,6-65H2,1-5H3,(H-,69,72,73,74). The number of phosphoric acid groups is 1. The molecule has 0 fully saturated rings. The van der Waals surface area contributed by atoms with Crippen LogP contribution in [0.5, 0.6) is 0 Å². The van der Waals surface area contributed by atoms with E-state index in [9.17, 15) is 19.4 Å². The van der Waals surface area contributed by atoms with E-state index < -0.39 is 20.0 Å². The van der Waals surface area contributed by atoms with Crippen molar-refractivity contribution in [1.29, 1.82) is 0 Å². The Labute approximate surface area is 482 Å². The maximum absolute atomic E-state index is 13.0. The number of amides is 1. The molecule has 462 valence electrons. The molecule has 3 unspecified atom stereocenters. The average molecular weight is 1110 g/mol. The minimum Gasteiger partial charge on any atom is -0.756 e. The Morgan fingerprint density at radius 3 is 0.883 bits per heavy atom. The molecule has 0 aromatic rings. The highest BCUT2D eigenvalue weighted by Gasteiger charge is 2.24. The first-order valence-corrected chi connectivity index (χ1v) is 36.3. The molecular formula is C68H139N2O6P. The molecule has 0 aliphatic carbocycles. The van der Waals surface area contributed by atoms with Gasteiger partial charge in [0.25, 0.3) is 7.82 Å². The number of phosphoric ester groups is 1. The van der Waals surface area contributed by atoms with Crippen LogP contribution in [-0.4, -0.2) is 68.5 Å². The summed E-state index contributed by atoms with van der Waals surface area (Å²) in [5.74, 6) is -0.154. The van der Waals surface area contributed by atoms with Gasteiger partial charge in [0.1, 0.15) is 13.2 Å². The van der Waals surface area contributed by atoms with Gasteiger partial charge in [-0.2, -0.15) is 0 Å². The average Bonchev–Trinajstić information content (AvgIpc) is 3.39. The van der Waals surface area contributed by atoms with E-state index in [2.05, 4.69) is 19.2 Å². The number of likely N-dealkylation sites (N-methyl/N-ethyl adjacent to an activating group) is 1. The maximum atomic E-state index is 13.0. The molecule has 0 aromatic carbocycles. The van der Waals surface area contributed by atoms with Crippen molar-refractivity contribution >= 4 is 13.7 Å². The van der Waals surface area contributed by atoms with Crippen molar-refractivity contribution in [1.82, 2.24) is 5.32 Å². The molecule has 0 rings (SSSR count). The van der Waals surface area contributed by atoms with Crippen LogP contribution < -0.4 is 10.2 Å². The number of carbonyl (C=O) groups is 1. The van der Waals surface area contributed by atoms with Gasteiger partial charge in [-0.1, -0.05) is 361 Å². The predicted molar refractivity (Wildman–Crippen MR) is 335 cm³/mol. The normalized spacial score (nSPS) is 13.6. The van der Waals surface area contributed by atoms with Gasteiger partial charge >= 0.3 is 0 Å². The lowest BCUT2D eigenvalue weighted by molar-refractivity contribution is -0.870. The molecule has 0 aliphatic heterocycles. The van der Waals surface area contributed by atoms with Gasteiger partial charge in [0.15, 0.2) is 0 Å². The monoisotopic (exact) mass is 1110 g/mol. The molecule has 0 radical (unpaired) electrons. The van der Waals surface area contributed by atoms with Crippen molar-refractivity contribution < 1.29 is 32.9 Å². The molecule has 9 heteroatoms. The van der Waals surface area contributed by atoms with Crippen LogP contribution in [0.25, 0.3) is 0 Å². The van der Waals surface area contributed by atoms with Crippen LogP contribution in [0.3, 0.4) is 0 Å². The Kier molecular flexibility index (Phi) is 59.7. The smallest absolute Gasteiger partial charge is 0.268 e. The number of hydrogen-bond donors (Lipinski definition) is 2. The molecular weight excluding hydrogens is 972 g/mol. The molecule has 1 amide bonds. The van der Waals surface area contributed by atoms with Crippen molar-refractivity contribution in [2.75, 3.05) is 40.9 Å². The largest absolute Gasteiger partial charge is 0.756 e. The summed E-state index contributed by atoms with van der Waals surface area (Å²) in [6.45, 7) is 4.80. The SMILES string of the molecule is CCCCCCCCCCCCCCCCCCCCCCCCCCCCCCCCCCCC(O)C(COP(=O)([O-])OCC[N+](C)(C)C)NC(=O)CCCCCCCCCCCCCCCCCCCCCCCC. The first-order valence-electron chi connectivity index (χ1n) is 34.9. The van der Waals surface area contributed by atoms with E-state index in [0.29, 0.717) is 23.9 Å². The quantitative estimate of drug-likeness (QED) is 0.0357. The third kappa shape index (κ3) is 62.9. The van der Waals surface area contributed by atoms with Gasteiger partial charge in [0.2, 0.25) is 5.91 Å². The lowest BCUT2D eigenvalue weighted by Gasteiger charge is -2.30. The third-order valence-corrected chi connectivity index (χ3v) is 17.6. The Bertz CT molecular complexity index is 1220. The summed E-state index contributed by atoms with van der Waals surface area (Å²) in [5.41, 5.74) is 0. The van der Waals surface area contributed by atoms with Crippen molar-refractivity contribution in [2.24, 2.45) is 0 Å². The zero-order chi connectivity index (χ0) is 56.3. The molecule has 3 atom stereocenters. The van der Waals surface area contributed by atoms with Crippen molar-refractivity contribution in [3.63, 3.8) is 0 Å². The molecule has 8 nitrogen and oxygen atoms in total. The summed E-state index contributed by atoms with van der Waals surface area (Å²) >= 11 is 0. The number of carbonyl (C=O) groups excluding carboxylic acids is 1. The topological polar surface area (TPSA) is 108 Å². The number of quaternary nitrogens is 1. The molecule has 77 heavy (non-hydrogen) atoms. The van der Waals surface area contributed by atoms with Crippen LogP contribution in [0.2, 0.25) is 0 Å². The zero-order valence-electron chi connectivity index (χ0n) is 53.0. The number of nitrogens with zero attached hydrogens (tertiary/aromatic N) is 1. The second-order valence-electron chi connectivity index (χ2n) is 25.6. The highest BCUT2D eigenvalue weighted by Crippen LogP contribution is 2.38. The molecule has 2 N–H and O–H groups in total. The number of unbranched alkanes of at least 4 members (excludes halogenated alkanes) is 53. The van der Waals surface area contributed by atoms with E-state index in [1.54, 1.807) is 0 Å². The minimum atomic E-state index is -4.57. The van der Waals surface area contributed by atoms with E-state index in [0.717, 1.165) is 38.5 Å². The number of hydrogen-bond acceptors (Lipinski definition) is 6. The number of aliphatic hydroxyl groups is 1. The highest BCUT2D eigenvalue weighted by atomic mass is 31.2. The Morgan fingerprint density at radius 2 is 0.636 bits per heavy atom. The first-order chi connectivity index (χ1) is 37.5. The van der Waals surface area contributed by atoms with E-state index in [1.807, 2.05) is 21.1 Å². The Hall–Kier alpha value is -0.500. The number of nitrogens with one attached hydrogen (secondary N) is 1. The fraction of sp³-hybridized carbons (Fsp3) is 0.985. The Morgan fingerprint density at radius 1 is 0.403 bits per heavy atom. The van der Waals surface area contributed by atoms with E-state index in [4.69, 9.17) is 9.05 Å². The minimum absolute atomic E-state index is 0.0169. The van der Waals surface area contributed by atoms with Crippen LogP contribution in [0.4, 0.5) is 0 Å². The molecule has 0 aromatic heterocycles. The van der Waals surface area contributed by atoms with Crippen LogP contribution in [-0.2, 0) is 18.4 Å². The van der Waals surface area contributed by atoms with Crippen molar-refractivity contribution in [3.8, 4) is 0 Å². The lowest BCUT2D eigenvalue weighted by Crippen LogP contribution is -2.46. The molecule has 0 spiro atoms. The van der Waals surface area contributed by atoms with Crippen molar-refractivity contribution in [3.05, 3.63) is 0 Å². The first kappa shape index (κ1) is 76.5. The highest BCUT2D eigenvalue weighted by molar-refractivity contribution is 7.45. The van der Waals surface area contributed by atoms with Gasteiger partial charge in [-0.25, -0.2) is 0 Å². The van der Waals surface area contributed by atoms with Gasteiger partial charge in [0, 0.05) is 6.42 Å². The van der Waals surface area contributed by atoms with Gasteiger partial charge in [-0.3, -0.25) is 9.36 Å². The van der Waals surface area contributed by atoms with Gasteiger partial charge < -0.3 is 28.8 Å². The number of rotatable bonds is 66. The fourth-order valence-corrected chi connectivity index (χ4v) is 11.9. The summed E-state index contributed by atoms with van der Waals surface area (Å²) in [6, 6.07) is -0.796. The van der Waals surface area contributed by atoms with E-state index in [1.165, 1.54) is 315 Å². The molecule has 0 aliphatic rings. The van der Waals surface area contributed by atoms with E-state index in [-0.39, 0.29) is 19.1 Å². The van der Waals surface area contributed by atoms with E-state index >= 15 is 0 Å². The van der Waals surface area contributed by atoms with Gasteiger partial charge in [-0.05, 0) is 12.8 Å². The number of aliphatic hydroxyl groups excluding tert-OH is 1. The summed E-state index contributed by atoms with van der Waals surface area (Å²) in [5, 5.41) is 14.1. The lowest BCUT2D eigenvalue weighted by atomic mass is 10.0. The Balaban J connectivity index is 3.96. The summed E-state index contributed by atoms with van der Waals surface area (Å²) in [6.07, 6.45) is 74.7. The summed E-state index contributed by atoms with van der Waals surface area (Å²) in [7, 11) is 1.33. The second-order valence-corrected chi connectivity index (χ2v) is 27.0. The second kappa shape index (κ2) is 60.1. The molecule has 0 saturated heterocycles. The molecule has 0 saturated carbocycles. The maximum Gasteiger partial charge on any atom is 0.268 e. The zero-order valence-corrected chi connectivity index (χ0v) is 53.9. The molecule has 0 heterocycles. The third-order valence-electron chi connectivity index (χ3n) is 16.6. The molecule has 0 bridgehead atoms. The van der Waals surface area contributed by atoms with Crippen LogP contribution in [0, 0.1) is 0 Å². The van der Waals surface area contributed by atoms with Crippen molar-refractivity contribution in [2.45, 2.75) is 392 Å².